The van der Waals surface area contributed by atoms with E-state index in [1.807, 2.05) is 0 Å². The highest BCUT2D eigenvalue weighted by Gasteiger charge is 2.14. The van der Waals surface area contributed by atoms with E-state index < -0.39 is 5.97 Å². The molecule has 3 aromatic rings. The maximum atomic E-state index is 11.3. The molecular weight excluding hydrogens is 322 g/mol. The zero-order valence-electron chi connectivity index (χ0n) is 13.1. The normalized spacial score (nSPS) is 10.4. The van der Waals surface area contributed by atoms with E-state index in [1.54, 1.807) is 35.5 Å². The van der Waals surface area contributed by atoms with Crippen molar-refractivity contribution in [2.75, 3.05) is 4.90 Å². The predicted octanol–water partition coefficient (Wildman–Crippen LogP) is 2.92. The molecule has 0 aliphatic rings. The van der Waals surface area contributed by atoms with Gasteiger partial charge in [0.05, 0.1) is 12.1 Å². The van der Waals surface area contributed by atoms with E-state index in [0.717, 1.165) is 5.56 Å². The van der Waals surface area contributed by atoms with Crippen LogP contribution < -0.4 is 4.90 Å². The van der Waals surface area contributed by atoms with Gasteiger partial charge < -0.3 is 20.2 Å². The number of phenols is 2. The predicted molar refractivity (Wildman–Crippen MR) is 91.0 cm³/mol. The Morgan fingerprint density at radius 3 is 2.36 bits per heavy atom. The van der Waals surface area contributed by atoms with Crippen LogP contribution in [0.15, 0.2) is 61.2 Å². The van der Waals surface area contributed by atoms with Crippen molar-refractivity contribution in [2.24, 2.45) is 0 Å². The first-order chi connectivity index (χ1) is 12.0. The van der Waals surface area contributed by atoms with Crippen LogP contribution in [-0.4, -0.2) is 31.3 Å². The van der Waals surface area contributed by atoms with Crippen LogP contribution >= 0.6 is 0 Å². The molecule has 0 saturated carbocycles. The zero-order valence-corrected chi connectivity index (χ0v) is 13.1. The molecule has 0 unspecified atom stereocenters. The van der Waals surface area contributed by atoms with Gasteiger partial charge >= 0.3 is 5.97 Å². The summed E-state index contributed by atoms with van der Waals surface area (Å²) in [7, 11) is 0. The van der Waals surface area contributed by atoms with Gasteiger partial charge in [-0.1, -0.05) is 6.07 Å². The van der Waals surface area contributed by atoms with E-state index in [0.29, 0.717) is 17.9 Å². The molecule has 0 aliphatic carbocycles. The van der Waals surface area contributed by atoms with E-state index in [-0.39, 0.29) is 17.1 Å². The molecule has 0 atom stereocenters. The third-order valence-electron chi connectivity index (χ3n) is 3.63. The van der Waals surface area contributed by atoms with E-state index in [9.17, 15) is 20.1 Å². The van der Waals surface area contributed by atoms with Crippen molar-refractivity contribution < 1.29 is 20.1 Å². The standard InChI is InChI=1S/C18H15N3O4/c22-16-5-4-15(7-17(16)23)21(10-12-8-19-11-20-9-12)14-3-1-2-13(6-14)18(24)25/h1-9,11,22-23H,10H2,(H,24,25). The molecule has 2 aromatic carbocycles. The van der Waals surface area contributed by atoms with Crippen molar-refractivity contribution in [1.82, 2.24) is 9.97 Å². The molecule has 0 bridgehead atoms. The minimum atomic E-state index is -1.03. The number of carboxylic acid groups (broad SMARTS) is 1. The fourth-order valence-electron chi connectivity index (χ4n) is 2.41. The van der Waals surface area contributed by atoms with Gasteiger partial charge in [0, 0.05) is 35.4 Å². The number of carboxylic acids is 1. The van der Waals surface area contributed by atoms with Crippen LogP contribution in [0.5, 0.6) is 11.5 Å². The lowest BCUT2D eigenvalue weighted by Gasteiger charge is -2.25. The highest BCUT2D eigenvalue weighted by Crippen LogP contribution is 2.34. The summed E-state index contributed by atoms with van der Waals surface area (Å²) in [4.78, 5) is 21.0. The van der Waals surface area contributed by atoms with Crippen molar-refractivity contribution in [3.63, 3.8) is 0 Å². The molecule has 0 amide bonds. The van der Waals surface area contributed by atoms with Gasteiger partial charge in [-0.15, -0.1) is 0 Å². The maximum Gasteiger partial charge on any atom is 0.335 e. The molecule has 1 heterocycles. The number of anilines is 2. The first-order valence-electron chi connectivity index (χ1n) is 7.41. The van der Waals surface area contributed by atoms with Crippen LogP contribution in [0.25, 0.3) is 0 Å². The molecule has 7 nitrogen and oxygen atoms in total. The van der Waals surface area contributed by atoms with Crippen LogP contribution in [0, 0.1) is 0 Å². The Morgan fingerprint density at radius 2 is 1.68 bits per heavy atom. The third kappa shape index (κ3) is 3.66. The smallest absolute Gasteiger partial charge is 0.335 e. The molecule has 3 N–H and O–H groups in total. The molecule has 0 aliphatic heterocycles. The molecule has 1 aromatic heterocycles. The van der Waals surface area contributed by atoms with Crippen molar-refractivity contribution in [3.05, 3.63) is 72.3 Å². The van der Waals surface area contributed by atoms with Gasteiger partial charge in [-0.2, -0.15) is 0 Å². The Balaban J connectivity index is 2.06. The highest BCUT2D eigenvalue weighted by molar-refractivity contribution is 5.89. The van der Waals surface area contributed by atoms with Gasteiger partial charge in [0.25, 0.3) is 0 Å². The number of benzene rings is 2. The minimum Gasteiger partial charge on any atom is -0.504 e. The van der Waals surface area contributed by atoms with E-state index in [4.69, 9.17) is 0 Å². The minimum absolute atomic E-state index is 0.148. The first kappa shape index (κ1) is 16.3. The number of aromatic hydroxyl groups is 2. The molecule has 7 heteroatoms. The highest BCUT2D eigenvalue weighted by atomic mass is 16.4. The number of phenolic OH excluding ortho intramolecular Hbond substituents is 2. The first-order valence-corrected chi connectivity index (χ1v) is 7.41. The van der Waals surface area contributed by atoms with Gasteiger partial charge in [0.2, 0.25) is 0 Å². The zero-order chi connectivity index (χ0) is 17.8. The van der Waals surface area contributed by atoms with Gasteiger partial charge in [-0.3, -0.25) is 0 Å². The van der Waals surface area contributed by atoms with Gasteiger partial charge in [0.1, 0.15) is 6.33 Å². The molecule has 3 rings (SSSR count). The van der Waals surface area contributed by atoms with E-state index in [1.165, 1.54) is 30.6 Å². The lowest BCUT2D eigenvalue weighted by atomic mass is 10.1. The molecule has 0 radical (unpaired) electrons. The molecule has 0 fully saturated rings. The summed E-state index contributed by atoms with van der Waals surface area (Å²) in [5.41, 5.74) is 2.15. The lowest BCUT2D eigenvalue weighted by Crippen LogP contribution is -2.17. The average Bonchev–Trinajstić information content (AvgIpc) is 2.63. The second-order valence-electron chi connectivity index (χ2n) is 5.36. The fourth-order valence-corrected chi connectivity index (χ4v) is 2.41. The molecule has 126 valence electrons. The van der Waals surface area contributed by atoms with E-state index in [2.05, 4.69) is 9.97 Å². The van der Waals surface area contributed by atoms with Gasteiger partial charge in [-0.25, -0.2) is 14.8 Å². The van der Waals surface area contributed by atoms with Gasteiger partial charge in [-0.05, 0) is 30.3 Å². The Kier molecular flexibility index (Phi) is 4.47. The monoisotopic (exact) mass is 337 g/mol. The molecule has 0 saturated heterocycles. The molecule has 25 heavy (non-hydrogen) atoms. The van der Waals surface area contributed by atoms with Crippen LogP contribution in [0.1, 0.15) is 15.9 Å². The second-order valence-corrected chi connectivity index (χ2v) is 5.36. The van der Waals surface area contributed by atoms with Crippen LogP contribution in [0.3, 0.4) is 0 Å². The van der Waals surface area contributed by atoms with Crippen LogP contribution in [0.2, 0.25) is 0 Å². The molecular formula is C18H15N3O4. The number of nitrogens with zero attached hydrogens (tertiary/aromatic N) is 3. The summed E-state index contributed by atoms with van der Waals surface area (Å²) in [6.45, 7) is 0.355. The Hall–Kier alpha value is -3.61. The molecule has 0 spiro atoms. The summed E-state index contributed by atoms with van der Waals surface area (Å²) in [5, 5.41) is 28.6. The number of rotatable bonds is 5. The van der Waals surface area contributed by atoms with Gasteiger partial charge in [0.15, 0.2) is 11.5 Å². The van der Waals surface area contributed by atoms with Crippen molar-refractivity contribution in [1.29, 1.82) is 0 Å². The Bertz CT molecular complexity index is 900. The summed E-state index contributed by atoms with van der Waals surface area (Å²) in [6, 6.07) is 10.9. The summed E-state index contributed by atoms with van der Waals surface area (Å²) in [6.07, 6.45) is 4.73. The number of aromatic carboxylic acids is 1. The van der Waals surface area contributed by atoms with E-state index >= 15 is 0 Å². The Morgan fingerprint density at radius 1 is 0.960 bits per heavy atom. The maximum absolute atomic E-state index is 11.3. The topological polar surface area (TPSA) is 107 Å². The fraction of sp³-hybridized carbons (Fsp3) is 0.0556. The average molecular weight is 337 g/mol. The summed E-state index contributed by atoms with van der Waals surface area (Å²) in [5.74, 6) is -1.52. The van der Waals surface area contributed by atoms with Crippen LogP contribution in [-0.2, 0) is 6.54 Å². The van der Waals surface area contributed by atoms with Crippen molar-refractivity contribution in [2.45, 2.75) is 6.54 Å². The number of hydrogen-bond acceptors (Lipinski definition) is 6. The van der Waals surface area contributed by atoms with Crippen molar-refractivity contribution in [3.8, 4) is 11.5 Å². The second kappa shape index (κ2) is 6.88. The third-order valence-corrected chi connectivity index (χ3v) is 3.63. The Labute approximate surface area is 143 Å². The number of carbonyl (C=O) groups is 1. The SMILES string of the molecule is O=C(O)c1cccc(N(Cc2cncnc2)c2ccc(O)c(O)c2)c1. The lowest BCUT2D eigenvalue weighted by molar-refractivity contribution is 0.0697. The largest absolute Gasteiger partial charge is 0.504 e. The van der Waals surface area contributed by atoms with Crippen LogP contribution in [0.4, 0.5) is 11.4 Å². The number of hydrogen-bond donors (Lipinski definition) is 3. The number of aromatic nitrogens is 2. The summed E-state index contributed by atoms with van der Waals surface area (Å²) < 4.78 is 0. The van der Waals surface area contributed by atoms with Crippen molar-refractivity contribution >= 4 is 17.3 Å². The quantitative estimate of drug-likeness (QED) is 0.614. The summed E-state index contributed by atoms with van der Waals surface area (Å²) >= 11 is 0.